The zero-order chi connectivity index (χ0) is 11.9. The number of rotatable bonds is 2. The molecule has 1 N–H and O–H groups in total. The average molecular weight is 227 g/mol. The van der Waals surface area contributed by atoms with Gasteiger partial charge >= 0.3 is 5.97 Å². The number of carboxylic acid groups (broad SMARTS) is 1. The van der Waals surface area contributed by atoms with E-state index >= 15 is 0 Å². The lowest BCUT2D eigenvalue weighted by atomic mass is 10.2. The molecule has 2 aliphatic rings. The molecule has 90 valence electrons. The minimum atomic E-state index is -0.854. The first-order valence-electron chi connectivity index (χ1n) is 5.66. The summed E-state index contributed by atoms with van der Waals surface area (Å²) in [6.07, 6.45) is 0.568. The van der Waals surface area contributed by atoms with Gasteiger partial charge in [-0.05, 0) is 20.3 Å². The lowest BCUT2D eigenvalue weighted by Gasteiger charge is -2.35. The molecule has 5 heteroatoms. The molecule has 1 amide bonds. The van der Waals surface area contributed by atoms with Crippen molar-refractivity contribution >= 4 is 11.9 Å². The van der Waals surface area contributed by atoms with Gasteiger partial charge in [0.2, 0.25) is 5.91 Å². The number of hydrogen-bond acceptors (Lipinski definition) is 3. The molecule has 1 aliphatic carbocycles. The fourth-order valence-corrected chi connectivity index (χ4v) is 2.33. The number of nitrogens with zero attached hydrogens (tertiary/aromatic N) is 1. The lowest BCUT2D eigenvalue weighted by Crippen LogP contribution is -2.49. The van der Waals surface area contributed by atoms with E-state index in [1.165, 1.54) is 0 Å². The van der Waals surface area contributed by atoms with Crippen LogP contribution in [0.5, 0.6) is 0 Å². The Morgan fingerprint density at radius 3 is 2.19 bits per heavy atom. The fourth-order valence-electron chi connectivity index (χ4n) is 2.33. The van der Waals surface area contributed by atoms with Crippen LogP contribution in [-0.2, 0) is 14.3 Å². The Morgan fingerprint density at radius 2 is 1.75 bits per heavy atom. The summed E-state index contributed by atoms with van der Waals surface area (Å²) in [6.45, 7) is 5.01. The van der Waals surface area contributed by atoms with Crippen LogP contribution in [0.3, 0.4) is 0 Å². The SMILES string of the molecule is C[C@@H]1CN(C(=O)[C@H]2C[C@@H]2C(=O)O)C[C@H](C)O1. The van der Waals surface area contributed by atoms with E-state index < -0.39 is 11.9 Å². The van der Waals surface area contributed by atoms with Crippen molar-refractivity contribution < 1.29 is 19.4 Å². The first kappa shape index (κ1) is 11.4. The standard InChI is InChI=1S/C11H17NO4/c1-6-4-12(5-7(2)16-6)10(13)8-3-9(8)11(14)15/h6-9H,3-5H2,1-2H3,(H,14,15)/t6-,7+,8-,9-/m0/s1. The number of carbonyl (C=O) groups excluding carboxylic acids is 1. The Hall–Kier alpha value is -1.10. The molecule has 0 aromatic rings. The number of hydrogen-bond donors (Lipinski definition) is 1. The third kappa shape index (κ3) is 2.19. The fraction of sp³-hybridized carbons (Fsp3) is 0.818. The van der Waals surface area contributed by atoms with E-state index in [4.69, 9.17) is 9.84 Å². The van der Waals surface area contributed by atoms with Gasteiger partial charge < -0.3 is 14.7 Å². The number of amides is 1. The van der Waals surface area contributed by atoms with E-state index in [-0.39, 0.29) is 24.0 Å². The maximum atomic E-state index is 12.0. The Balaban J connectivity index is 1.93. The third-order valence-corrected chi connectivity index (χ3v) is 3.16. The first-order chi connectivity index (χ1) is 7.49. The van der Waals surface area contributed by atoms with Gasteiger partial charge in [-0.3, -0.25) is 9.59 Å². The van der Waals surface area contributed by atoms with Crippen LogP contribution in [-0.4, -0.2) is 47.2 Å². The van der Waals surface area contributed by atoms with Crippen LogP contribution < -0.4 is 0 Å². The lowest BCUT2D eigenvalue weighted by molar-refractivity contribution is -0.147. The van der Waals surface area contributed by atoms with Crippen LogP contribution in [0.1, 0.15) is 20.3 Å². The molecule has 1 aliphatic heterocycles. The largest absolute Gasteiger partial charge is 0.481 e. The van der Waals surface area contributed by atoms with Gasteiger partial charge in [-0.2, -0.15) is 0 Å². The Bertz CT molecular complexity index is 307. The molecular formula is C11H17NO4. The van der Waals surface area contributed by atoms with Gasteiger partial charge in [0.15, 0.2) is 0 Å². The van der Waals surface area contributed by atoms with Gasteiger partial charge in [0.05, 0.1) is 24.0 Å². The first-order valence-corrected chi connectivity index (χ1v) is 5.66. The summed E-state index contributed by atoms with van der Waals surface area (Å²) in [7, 11) is 0. The van der Waals surface area contributed by atoms with Gasteiger partial charge in [-0.1, -0.05) is 0 Å². The quantitative estimate of drug-likeness (QED) is 0.739. The molecular weight excluding hydrogens is 210 g/mol. The minimum Gasteiger partial charge on any atom is -0.481 e. The molecule has 0 bridgehead atoms. The summed E-state index contributed by atoms with van der Waals surface area (Å²) in [5.74, 6) is -1.63. The molecule has 2 fully saturated rings. The highest BCUT2D eigenvalue weighted by molar-refractivity contribution is 5.89. The average Bonchev–Trinajstić information content (AvgIpc) is 2.94. The van der Waals surface area contributed by atoms with E-state index in [0.717, 1.165) is 0 Å². The summed E-state index contributed by atoms with van der Waals surface area (Å²) >= 11 is 0. The van der Waals surface area contributed by atoms with Gasteiger partial charge in [0, 0.05) is 13.1 Å². The maximum absolute atomic E-state index is 12.0. The molecule has 1 saturated heterocycles. The van der Waals surface area contributed by atoms with Crippen molar-refractivity contribution in [3.8, 4) is 0 Å². The summed E-state index contributed by atoms with van der Waals surface area (Å²) in [5.41, 5.74) is 0. The number of carboxylic acids is 1. The summed E-state index contributed by atoms with van der Waals surface area (Å²) in [4.78, 5) is 24.4. The monoisotopic (exact) mass is 227 g/mol. The number of carbonyl (C=O) groups is 2. The molecule has 1 heterocycles. The highest BCUT2D eigenvalue weighted by atomic mass is 16.5. The molecule has 16 heavy (non-hydrogen) atoms. The van der Waals surface area contributed by atoms with Gasteiger partial charge in [-0.15, -0.1) is 0 Å². The summed E-state index contributed by atoms with van der Waals surface area (Å²) in [5, 5.41) is 8.78. The van der Waals surface area contributed by atoms with E-state index in [0.29, 0.717) is 19.5 Å². The second-order valence-electron chi connectivity index (χ2n) is 4.79. The highest BCUT2D eigenvalue weighted by Crippen LogP contribution is 2.40. The van der Waals surface area contributed by atoms with Gasteiger partial charge in [-0.25, -0.2) is 0 Å². The molecule has 4 atom stereocenters. The van der Waals surface area contributed by atoms with Crippen LogP contribution in [0, 0.1) is 11.8 Å². The predicted octanol–water partition coefficient (Wildman–Crippen LogP) is 0.343. The van der Waals surface area contributed by atoms with Crippen molar-refractivity contribution in [2.24, 2.45) is 11.8 Å². The van der Waals surface area contributed by atoms with Crippen molar-refractivity contribution in [3.05, 3.63) is 0 Å². The zero-order valence-corrected chi connectivity index (χ0v) is 9.55. The molecule has 0 radical (unpaired) electrons. The number of ether oxygens (including phenoxy) is 1. The van der Waals surface area contributed by atoms with Crippen molar-refractivity contribution in [2.45, 2.75) is 32.5 Å². The third-order valence-electron chi connectivity index (χ3n) is 3.16. The second-order valence-corrected chi connectivity index (χ2v) is 4.79. The molecule has 0 spiro atoms. The smallest absolute Gasteiger partial charge is 0.307 e. The van der Waals surface area contributed by atoms with Crippen molar-refractivity contribution in [2.75, 3.05) is 13.1 Å². The van der Waals surface area contributed by atoms with Crippen LogP contribution in [0.15, 0.2) is 0 Å². The molecule has 0 aromatic heterocycles. The Morgan fingerprint density at radius 1 is 1.19 bits per heavy atom. The zero-order valence-electron chi connectivity index (χ0n) is 9.55. The molecule has 1 saturated carbocycles. The van der Waals surface area contributed by atoms with Crippen LogP contribution in [0.2, 0.25) is 0 Å². The topological polar surface area (TPSA) is 66.8 Å². The van der Waals surface area contributed by atoms with Crippen molar-refractivity contribution in [1.29, 1.82) is 0 Å². The van der Waals surface area contributed by atoms with Crippen LogP contribution >= 0.6 is 0 Å². The Labute approximate surface area is 94.4 Å². The Kier molecular flexibility index (Phi) is 2.88. The number of aliphatic carboxylic acids is 1. The normalized spacial score (nSPS) is 38.2. The van der Waals surface area contributed by atoms with E-state index in [1.54, 1.807) is 4.90 Å². The number of morpholine rings is 1. The second kappa shape index (κ2) is 4.05. The molecule has 5 nitrogen and oxygen atoms in total. The van der Waals surface area contributed by atoms with Crippen molar-refractivity contribution in [3.63, 3.8) is 0 Å². The molecule has 0 unspecified atom stereocenters. The van der Waals surface area contributed by atoms with Gasteiger partial charge in [0.1, 0.15) is 0 Å². The highest BCUT2D eigenvalue weighted by Gasteiger charge is 2.50. The van der Waals surface area contributed by atoms with Gasteiger partial charge in [0.25, 0.3) is 0 Å². The van der Waals surface area contributed by atoms with Crippen molar-refractivity contribution in [1.82, 2.24) is 4.90 Å². The van der Waals surface area contributed by atoms with Crippen LogP contribution in [0.25, 0.3) is 0 Å². The molecule has 2 rings (SSSR count). The predicted molar refractivity (Wildman–Crippen MR) is 55.8 cm³/mol. The maximum Gasteiger partial charge on any atom is 0.307 e. The van der Waals surface area contributed by atoms with Crippen LogP contribution in [0.4, 0.5) is 0 Å². The van der Waals surface area contributed by atoms with E-state index in [9.17, 15) is 9.59 Å². The van der Waals surface area contributed by atoms with E-state index in [2.05, 4.69) is 0 Å². The molecule has 0 aromatic carbocycles. The van der Waals surface area contributed by atoms with E-state index in [1.807, 2.05) is 13.8 Å². The summed E-state index contributed by atoms with van der Waals surface area (Å²) in [6, 6.07) is 0. The summed E-state index contributed by atoms with van der Waals surface area (Å²) < 4.78 is 5.53. The minimum absolute atomic E-state index is 0.0191.